The lowest BCUT2D eigenvalue weighted by Gasteiger charge is -2.32. The van der Waals surface area contributed by atoms with Crippen molar-refractivity contribution in [3.05, 3.63) is 64.3 Å². The highest BCUT2D eigenvalue weighted by atomic mass is 35.5. The van der Waals surface area contributed by atoms with Crippen molar-refractivity contribution >= 4 is 64.1 Å². The number of piperazine rings is 1. The smallest absolute Gasteiger partial charge is 0.407 e. The van der Waals surface area contributed by atoms with Crippen LogP contribution in [0.15, 0.2) is 48.7 Å². The van der Waals surface area contributed by atoms with E-state index in [0.717, 1.165) is 4.90 Å². The lowest BCUT2D eigenvalue weighted by Crippen LogP contribution is -2.52. The quantitative estimate of drug-likeness (QED) is 0.522. The van der Waals surface area contributed by atoms with E-state index in [9.17, 15) is 14.4 Å². The van der Waals surface area contributed by atoms with Crippen LogP contribution in [-0.4, -0.2) is 64.2 Å². The Morgan fingerprint density at radius 2 is 1.75 bits per heavy atom. The molecule has 0 aliphatic carbocycles. The second kappa shape index (κ2) is 9.51. The second-order valence-corrected chi connectivity index (χ2v) is 8.73. The van der Waals surface area contributed by atoms with E-state index in [4.69, 9.17) is 33.0 Å². The van der Waals surface area contributed by atoms with Gasteiger partial charge in [-0.1, -0.05) is 29.3 Å². The highest BCUT2D eigenvalue weighted by Crippen LogP contribution is 2.37. The van der Waals surface area contributed by atoms with E-state index >= 15 is 0 Å². The standard InChI is InChI=1S/C23H18Cl2N6O5/c24-16-2-1-3-17(25)19(16)31-12-36-20-15(21(31)33)10-26-22(28-20)27-13-4-6-14(7-5-13)30-9-8-29(23(34)35)11-18(30)32/h1-7,10H,8-9,11-12H2,(H,34,35)(H,26,27,28). The number of halogens is 2. The van der Waals surface area contributed by atoms with Gasteiger partial charge in [0.15, 0.2) is 6.73 Å². The number of carbonyl (C=O) groups excluding carboxylic acids is 2. The van der Waals surface area contributed by atoms with E-state index in [1.807, 2.05) is 0 Å². The molecule has 11 nitrogen and oxygen atoms in total. The number of nitrogens with zero attached hydrogens (tertiary/aromatic N) is 5. The number of benzene rings is 2. The number of hydrogen-bond acceptors (Lipinski definition) is 7. The number of anilines is 4. The zero-order chi connectivity index (χ0) is 25.4. The third-order valence-corrected chi connectivity index (χ3v) is 6.30. The molecule has 3 aromatic rings. The first-order valence-corrected chi connectivity index (χ1v) is 11.5. The molecule has 0 atom stereocenters. The Hall–Kier alpha value is -4.09. The summed E-state index contributed by atoms with van der Waals surface area (Å²) in [6, 6.07) is 11.9. The van der Waals surface area contributed by atoms with Crippen molar-refractivity contribution < 1.29 is 24.2 Å². The number of fused-ring (bicyclic) bond motifs is 1. The summed E-state index contributed by atoms with van der Waals surface area (Å²) in [4.78, 5) is 48.9. The number of ether oxygens (including phenoxy) is 1. The van der Waals surface area contributed by atoms with Crippen molar-refractivity contribution in [2.75, 3.05) is 41.5 Å². The Bertz CT molecular complexity index is 1350. The van der Waals surface area contributed by atoms with Crippen molar-refractivity contribution in [2.45, 2.75) is 0 Å². The van der Waals surface area contributed by atoms with E-state index in [1.165, 1.54) is 16.0 Å². The maximum Gasteiger partial charge on any atom is 0.407 e. The normalized spacial score (nSPS) is 15.4. The number of para-hydroxylation sites is 1. The first kappa shape index (κ1) is 23.6. The predicted octanol–water partition coefficient (Wildman–Crippen LogP) is 3.85. The molecular formula is C23H18Cl2N6O5. The molecule has 1 saturated heterocycles. The number of amides is 3. The lowest BCUT2D eigenvalue weighted by molar-refractivity contribution is -0.120. The van der Waals surface area contributed by atoms with Gasteiger partial charge >= 0.3 is 6.09 Å². The van der Waals surface area contributed by atoms with Crippen LogP contribution in [0.5, 0.6) is 5.88 Å². The molecular weight excluding hydrogens is 511 g/mol. The van der Waals surface area contributed by atoms with Crippen LogP contribution in [0.2, 0.25) is 10.0 Å². The number of carbonyl (C=O) groups is 3. The molecule has 0 radical (unpaired) electrons. The minimum absolute atomic E-state index is 0.121. The average Bonchev–Trinajstić information content (AvgIpc) is 2.86. The SMILES string of the molecule is O=C(O)N1CCN(c2ccc(Nc3ncc4c(n3)OCN(c3c(Cl)cccc3Cl)C4=O)cc2)C(=O)C1. The third-order valence-electron chi connectivity index (χ3n) is 5.69. The van der Waals surface area contributed by atoms with E-state index in [0.29, 0.717) is 27.1 Å². The molecule has 0 spiro atoms. The summed E-state index contributed by atoms with van der Waals surface area (Å²) < 4.78 is 5.69. The van der Waals surface area contributed by atoms with E-state index in [2.05, 4.69) is 15.3 Å². The fourth-order valence-electron chi connectivity index (χ4n) is 3.89. The number of aromatic nitrogens is 2. The molecule has 0 bridgehead atoms. The van der Waals surface area contributed by atoms with Gasteiger partial charge in [0.05, 0.1) is 15.7 Å². The molecule has 2 aliphatic rings. The number of hydrogen-bond donors (Lipinski definition) is 2. The van der Waals surface area contributed by atoms with Crippen LogP contribution in [0.1, 0.15) is 10.4 Å². The molecule has 0 saturated carbocycles. The topological polar surface area (TPSA) is 128 Å². The van der Waals surface area contributed by atoms with Gasteiger partial charge in [-0.25, -0.2) is 9.78 Å². The maximum absolute atomic E-state index is 13.0. The van der Waals surface area contributed by atoms with Crippen LogP contribution in [0.3, 0.4) is 0 Å². The van der Waals surface area contributed by atoms with Crippen LogP contribution in [0.25, 0.3) is 0 Å². The molecule has 3 amide bonds. The fraction of sp³-hybridized carbons (Fsp3) is 0.174. The Labute approximate surface area is 214 Å². The molecule has 1 aromatic heterocycles. The molecule has 13 heteroatoms. The molecule has 0 unspecified atom stereocenters. The Morgan fingerprint density at radius 3 is 2.42 bits per heavy atom. The van der Waals surface area contributed by atoms with E-state index in [1.54, 1.807) is 42.5 Å². The van der Waals surface area contributed by atoms with Gasteiger partial charge in [0.2, 0.25) is 17.7 Å². The zero-order valence-corrected chi connectivity index (χ0v) is 20.0. The van der Waals surface area contributed by atoms with Crippen LogP contribution < -0.4 is 19.9 Å². The summed E-state index contributed by atoms with van der Waals surface area (Å²) in [6.07, 6.45) is 0.248. The van der Waals surface area contributed by atoms with Gasteiger partial charge in [0, 0.05) is 30.7 Å². The number of carboxylic acid groups (broad SMARTS) is 1. The second-order valence-electron chi connectivity index (χ2n) is 7.91. The Balaban J connectivity index is 1.28. The monoisotopic (exact) mass is 528 g/mol. The van der Waals surface area contributed by atoms with Crippen LogP contribution in [0, 0.1) is 0 Å². The highest BCUT2D eigenvalue weighted by Gasteiger charge is 2.31. The van der Waals surface area contributed by atoms with Gasteiger partial charge in [0.25, 0.3) is 5.91 Å². The largest absolute Gasteiger partial charge is 0.465 e. The first-order valence-electron chi connectivity index (χ1n) is 10.7. The molecule has 184 valence electrons. The van der Waals surface area contributed by atoms with E-state index < -0.39 is 12.0 Å². The molecule has 2 aromatic carbocycles. The zero-order valence-electron chi connectivity index (χ0n) is 18.5. The maximum atomic E-state index is 13.0. The number of nitrogens with one attached hydrogen (secondary N) is 1. The van der Waals surface area contributed by atoms with Gasteiger partial charge in [0.1, 0.15) is 12.1 Å². The first-order chi connectivity index (χ1) is 17.3. The third kappa shape index (κ3) is 4.45. The van der Waals surface area contributed by atoms with Gasteiger partial charge < -0.3 is 20.1 Å². The molecule has 5 rings (SSSR count). The van der Waals surface area contributed by atoms with Crippen molar-refractivity contribution in [2.24, 2.45) is 0 Å². The summed E-state index contributed by atoms with van der Waals surface area (Å²) in [6.45, 7) is 0.206. The van der Waals surface area contributed by atoms with Crippen molar-refractivity contribution in [1.82, 2.24) is 14.9 Å². The fourth-order valence-corrected chi connectivity index (χ4v) is 4.49. The van der Waals surface area contributed by atoms with Crippen LogP contribution >= 0.6 is 23.2 Å². The Morgan fingerprint density at radius 1 is 1.03 bits per heavy atom. The van der Waals surface area contributed by atoms with Gasteiger partial charge in [-0.15, -0.1) is 0 Å². The average molecular weight is 529 g/mol. The van der Waals surface area contributed by atoms with E-state index in [-0.39, 0.29) is 49.7 Å². The van der Waals surface area contributed by atoms with Crippen LogP contribution in [-0.2, 0) is 4.79 Å². The predicted molar refractivity (Wildman–Crippen MR) is 132 cm³/mol. The summed E-state index contributed by atoms with van der Waals surface area (Å²) >= 11 is 12.5. The lowest BCUT2D eigenvalue weighted by atomic mass is 10.2. The number of rotatable bonds is 4. The summed E-state index contributed by atoms with van der Waals surface area (Å²) in [5.41, 5.74) is 1.80. The molecule has 3 heterocycles. The summed E-state index contributed by atoms with van der Waals surface area (Å²) in [5, 5.41) is 12.7. The molecule has 2 N–H and O–H groups in total. The molecule has 2 aliphatic heterocycles. The van der Waals surface area contributed by atoms with Gasteiger partial charge in [-0.3, -0.25) is 19.4 Å². The minimum Gasteiger partial charge on any atom is -0.465 e. The van der Waals surface area contributed by atoms with Crippen molar-refractivity contribution in [3.8, 4) is 5.88 Å². The molecule has 36 heavy (non-hydrogen) atoms. The highest BCUT2D eigenvalue weighted by molar-refractivity contribution is 6.40. The van der Waals surface area contributed by atoms with Crippen molar-refractivity contribution in [3.63, 3.8) is 0 Å². The Kier molecular flexibility index (Phi) is 6.25. The van der Waals surface area contributed by atoms with Gasteiger partial charge in [-0.2, -0.15) is 4.98 Å². The summed E-state index contributed by atoms with van der Waals surface area (Å²) in [7, 11) is 0. The summed E-state index contributed by atoms with van der Waals surface area (Å²) in [5.74, 6) is -0.355. The van der Waals surface area contributed by atoms with Gasteiger partial charge in [-0.05, 0) is 36.4 Å². The van der Waals surface area contributed by atoms with Crippen LogP contribution in [0.4, 0.5) is 27.8 Å². The molecule has 1 fully saturated rings. The minimum atomic E-state index is -1.11. The van der Waals surface area contributed by atoms with Crippen molar-refractivity contribution in [1.29, 1.82) is 0 Å².